The highest BCUT2D eigenvalue weighted by molar-refractivity contribution is 6.00. The number of hydrogen-bond donors (Lipinski definition) is 1. The highest BCUT2D eigenvalue weighted by Crippen LogP contribution is 2.18. The second kappa shape index (κ2) is 6.40. The number of benzene rings is 2. The number of fused-ring (bicyclic) bond motifs is 1. The van der Waals surface area contributed by atoms with Crippen LogP contribution in [0, 0.1) is 12.7 Å². The van der Waals surface area contributed by atoms with Gasteiger partial charge in [0.1, 0.15) is 5.82 Å². The SMILES string of the molecule is Cc1cc2ccccc2n1NC(=O)c1cnc(-c2cccc(F)c2)nc1. The monoisotopic (exact) mass is 346 g/mol. The van der Waals surface area contributed by atoms with Crippen molar-refractivity contribution in [3.8, 4) is 11.4 Å². The van der Waals surface area contributed by atoms with Crippen LogP contribution in [0.2, 0.25) is 0 Å². The highest BCUT2D eigenvalue weighted by atomic mass is 19.1. The molecule has 0 saturated heterocycles. The van der Waals surface area contributed by atoms with Crippen LogP contribution in [0.3, 0.4) is 0 Å². The number of nitrogens with one attached hydrogen (secondary N) is 1. The number of halogens is 1. The van der Waals surface area contributed by atoms with Gasteiger partial charge < -0.3 is 0 Å². The molecule has 26 heavy (non-hydrogen) atoms. The summed E-state index contributed by atoms with van der Waals surface area (Å²) in [6.45, 7) is 1.92. The van der Waals surface area contributed by atoms with Crippen molar-refractivity contribution in [2.75, 3.05) is 5.43 Å². The maximum absolute atomic E-state index is 13.3. The summed E-state index contributed by atoms with van der Waals surface area (Å²) in [6, 6.07) is 15.8. The van der Waals surface area contributed by atoms with E-state index in [1.54, 1.807) is 16.8 Å². The number of amides is 1. The Hall–Kier alpha value is -3.54. The summed E-state index contributed by atoms with van der Waals surface area (Å²) in [7, 11) is 0. The van der Waals surface area contributed by atoms with Crippen LogP contribution in [0.1, 0.15) is 16.1 Å². The van der Waals surface area contributed by atoms with Crippen molar-refractivity contribution in [3.63, 3.8) is 0 Å². The van der Waals surface area contributed by atoms with Gasteiger partial charge in [0.05, 0.1) is 11.1 Å². The molecule has 0 atom stereocenters. The molecule has 6 heteroatoms. The van der Waals surface area contributed by atoms with E-state index < -0.39 is 0 Å². The van der Waals surface area contributed by atoms with Crippen molar-refractivity contribution < 1.29 is 9.18 Å². The Morgan fingerprint density at radius 1 is 1.04 bits per heavy atom. The first-order valence-corrected chi connectivity index (χ1v) is 8.08. The maximum Gasteiger partial charge on any atom is 0.273 e. The smallest absolute Gasteiger partial charge is 0.267 e. The van der Waals surface area contributed by atoms with Crippen molar-refractivity contribution in [3.05, 3.63) is 84.1 Å². The molecule has 5 nitrogen and oxygen atoms in total. The second-order valence-electron chi connectivity index (χ2n) is 5.93. The summed E-state index contributed by atoms with van der Waals surface area (Å²) in [6.07, 6.45) is 2.87. The molecule has 0 saturated carbocycles. The lowest BCUT2D eigenvalue weighted by atomic mass is 10.2. The summed E-state index contributed by atoms with van der Waals surface area (Å²) < 4.78 is 15.0. The topological polar surface area (TPSA) is 59.8 Å². The fourth-order valence-electron chi connectivity index (χ4n) is 2.83. The van der Waals surface area contributed by atoms with E-state index >= 15 is 0 Å². The molecule has 2 heterocycles. The normalized spacial score (nSPS) is 10.8. The van der Waals surface area contributed by atoms with E-state index in [-0.39, 0.29) is 11.7 Å². The van der Waals surface area contributed by atoms with Gasteiger partial charge in [-0.2, -0.15) is 0 Å². The predicted molar refractivity (Wildman–Crippen MR) is 97.8 cm³/mol. The summed E-state index contributed by atoms with van der Waals surface area (Å²) in [5, 5.41) is 1.04. The lowest BCUT2D eigenvalue weighted by Gasteiger charge is -2.10. The van der Waals surface area contributed by atoms with Crippen LogP contribution in [0.4, 0.5) is 4.39 Å². The number of carbonyl (C=O) groups excluding carboxylic acids is 1. The number of aromatic nitrogens is 3. The van der Waals surface area contributed by atoms with Crippen molar-refractivity contribution >= 4 is 16.8 Å². The molecule has 0 unspecified atom stereocenters. The van der Waals surface area contributed by atoms with Crippen LogP contribution in [-0.2, 0) is 0 Å². The molecule has 0 aliphatic rings. The van der Waals surface area contributed by atoms with Crippen molar-refractivity contribution in [1.82, 2.24) is 14.6 Å². The largest absolute Gasteiger partial charge is 0.273 e. The molecule has 1 N–H and O–H groups in total. The number of nitrogens with zero attached hydrogens (tertiary/aromatic N) is 3. The van der Waals surface area contributed by atoms with Gasteiger partial charge in [-0.25, -0.2) is 14.4 Å². The van der Waals surface area contributed by atoms with E-state index in [2.05, 4.69) is 15.4 Å². The van der Waals surface area contributed by atoms with E-state index in [4.69, 9.17) is 0 Å². The van der Waals surface area contributed by atoms with E-state index in [0.717, 1.165) is 16.6 Å². The number of carbonyl (C=O) groups is 1. The van der Waals surface area contributed by atoms with Gasteiger partial charge in [0.25, 0.3) is 5.91 Å². The standard InChI is InChI=1S/C20H15FN4O/c1-13-9-14-5-2-3-8-18(14)25(13)24-20(26)16-11-22-19(23-12-16)15-6-4-7-17(21)10-15/h2-12H,1H3,(H,24,26). The molecule has 4 aromatic rings. The summed E-state index contributed by atoms with van der Waals surface area (Å²) in [4.78, 5) is 20.9. The Bertz CT molecular complexity index is 1100. The zero-order valence-electron chi connectivity index (χ0n) is 14.0. The predicted octanol–water partition coefficient (Wildman–Crippen LogP) is 3.93. The quantitative estimate of drug-likeness (QED) is 0.611. The first-order valence-electron chi connectivity index (χ1n) is 8.08. The van der Waals surface area contributed by atoms with Crippen LogP contribution in [0.25, 0.3) is 22.3 Å². The first kappa shape index (κ1) is 16.0. The molecule has 0 radical (unpaired) electrons. The molecular weight excluding hydrogens is 331 g/mol. The second-order valence-corrected chi connectivity index (χ2v) is 5.93. The maximum atomic E-state index is 13.3. The van der Waals surface area contributed by atoms with Gasteiger partial charge in [0, 0.05) is 29.0 Å². The molecule has 0 aliphatic heterocycles. The Labute approximate surface area is 149 Å². The molecular formula is C20H15FN4O. The molecule has 0 spiro atoms. The van der Waals surface area contributed by atoms with Crippen molar-refractivity contribution in [2.24, 2.45) is 0 Å². The minimum Gasteiger partial charge on any atom is -0.267 e. The van der Waals surface area contributed by atoms with Crippen molar-refractivity contribution in [2.45, 2.75) is 6.92 Å². The van der Waals surface area contributed by atoms with Crippen LogP contribution in [0.5, 0.6) is 0 Å². The minimum atomic E-state index is -0.358. The lowest BCUT2D eigenvalue weighted by Crippen LogP contribution is -2.23. The Kier molecular flexibility index (Phi) is 3.93. The van der Waals surface area contributed by atoms with Crippen LogP contribution in [0.15, 0.2) is 67.0 Å². The Morgan fingerprint density at radius 2 is 1.81 bits per heavy atom. The summed E-state index contributed by atoms with van der Waals surface area (Å²) >= 11 is 0. The van der Waals surface area contributed by atoms with Crippen molar-refractivity contribution in [1.29, 1.82) is 0 Å². The van der Waals surface area contributed by atoms with E-state index in [1.165, 1.54) is 24.5 Å². The third kappa shape index (κ3) is 2.93. The number of rotatable bonds is 3. The highest BCUT2D eigenvalue weighted by Gasteiger charge is 2.12. The molecule has 2 aromatic heterocycles. The third-order valence-corrected chi connectivity index (χ3v) is 4.10. The molecule has 2 aromatic carbocycles. The molecule has 1 amide bonds. The molecule has 0 bridgehead atoms. The zero-order valence-corrected chi connectivity index (χ0v) is 14.0. The van der Waals surface area contributed by atoms with Gasteiger partial charge in [0.15, 0.2) is 5.82 Å². The fourth-order valence-corrected chi connectivity index (χ4v) is 2.83. The fraction of sp³-hybridized carbons (Fsp3) is 0.0500. The number of hydrogen-bond acceptors (Lipinski definition) is 3. The van der Waals surface area contributed by atoms with Gasteiger partial charge >= 0.3 is 0 Å². The van der Waals surface area contributed by atoms with Crippen LogP contribution in [-0.4, -0.2) is 20.6 Å². The minimum absolute atomic E-state index is 0.319. The van der Waals surface area contributed by atoms with Gasteiger partial charge in [-0.05, 0) is 31.2 Å². The Balaban J connectivity index is 1.59. The van der Waals surface area contributed by atoms with E-state index in [1.807, 2.05) is 37.3 Å². The van der Waals surface area contributed by atoms with Crippen LogP contribution < -0.4 is 5.43 Å². The Morgan fingerprint density at radius 3 is 2.58 bits per heavy atom. The average Bonchev–Trinajstić information content (AvgIpc) is 2.97. The van der Waals surface area contributed by atoms with Gasteiger partial charge in [0.2, 0.25) is 0 Å². The number of para-hydroxylation sites is 1. The lowest BCUT2D eigenvalue weighted by molar-refractivity contribution is 0.101. The third-order valence-electron chi connectivity index (χ3n) is 4.10. The van der Waals surface area contributed by atoms with E-state index in [0.29, 0.717) is 17.0 Å². The van der Waals surface area contributed by atoms with Gasteiger partial charge in [-0.3, -0.25) is 14.9 Å². The number of aryl methyl sites for hydroxylation is 1. The molecule has 4 rings (SSSR count). The zero-order chi connectivity index (χ0) is 18.1. The summed E-state index contributed by atoms with van der Waals surface area (Å²) in [5.74, 6) is -0.313. The molecule has 0 aliphatic carbocycles. The molecule has 128 valence electrons. The van der Waals surface area contributed by atoms with Crippen LogP contribution >= 0.6 is 0 Å². The first-order chi connectivity index (χ1) is 12.6. The van der Waals surface area contributed by atoms with Gasteiger partial charge in [-0.15, -0.1) is 0 Å². The van der Waals surface area contributed by atoms with E-state index in [9.17, 15) is 9.18 Å². The van der Waals surface area contributed by atoms with Gasteiger partial charge in [-0.1, -0.05) is 30.3 Å². The summed E-state index contributed by atoms with van der Waals surface area (Å²) in [5.41, 5.74) is 5.56. The molecule has 0 fully saturated rings. The average molecular weight is 346 g/mol.